The lowest BCUT2D eigenvalue weighted by Gasteiger charge is -2.12. The van der Waals surface area contributed by atoms with Crippen LogP contribution in [0.15, 0.2) is 315 Å². The molecule has 0 N–H and O–H groups in total. The predicted octanol–water partition coefficient (Wildman–Crippen LogP) is 24.3. The van der Waals surface area contributed by atoms with Gasteiger partial charge in [0.15, 0.2) is 34.9 Å². The summed E-state index contributed by atoms with van der Waals surface area (Å²) in [5.74, 6) is 6.34. The van der Waals surface area contributed by atoms with Crippen molar-refractivity contribution in [1.82, 2.24) is 44.9 Å². The molecule has 0 spiro atoms. The van der Waals surface area contributed by atoms with Crippen LogP contribution in [-0.4, -0.2) is 44.9 Å². The van der Waals surface area contributed by atoms with Crippen LogP contribution in [0.4, 0.5) is 0 Å². The molecule has 0 saturated heterocycles. The van der Waals surface area contributed by atoms with Crippen molar-refractivity contribution in [3.8, 4) is 113 Å². The van der Waals surface area contributed by atoms with E-state index in [0.717, 1.165) is 61.2 Å². The second kappa shape index (κ2) is 27.7. The van der Waals surface area contributed by atoms with Crippen LogP contribution >= 0.6 is 34.0 Å². The fraction of sp³-hybridized carbons (Fsp3) is 0.0333. The molecule has 0 fully saturated rings. The molecule has 19 rings (SSSR count). The van der Waals surface area contributed by atoms with Crippen LogP contribution in [0.5, 0.6) is 0 Å². The van der Waals surface area contributed by atoms with E-state index in [1.807, 2.05) is 45.0 Å². The molecular weight excluding hydrogens is 1300 g/mol. The molecule has 484 valence electrons. The van der Waals surface area contributed by atoms with Gasteiger partial charge in [0.25, 0.3) is 0 Å². The normalized spacial score (nSPS) is 11.3. The summed E-state index contributed by atoms with van der Waals surface area (Å²) in [6.07, 6.45) is 0. The number of hydrogen-bond donors (Lipinski definition) is 0. The fourth-order valence-corrected chi connectivity index (χ4v) is 16.7. The summed E-state index contributed by atoms with van der Waals surface area (Å²) in [7, 11) is 0. The summed E-state index contributed by atoms with van der Waals surface area (Å²) >= 11 is 5.41. The average Bonchev–Trinajstić information content (AvgIpc) is 1.55. The van der Waals surface area contributed by atoms with Crippen LogP contribution in [0.3, 0.4) is 0 Å². The molecule has 0 aliphatic carbocycles. The summed E-state index contributed by atoms with van der Waals surface area (Å²) in [6.45, 7) is 5.81. The molecule has 0 aliphatic heterocycles. The standard InChI is InChI=1S/C34H23N3S.2C28H19N3S/c1-22-35-33(37-34(36-22)29-16-10-18-31-32(29)28-15-8-9-17-30(28)38-31)27-20-25(23-11-4-2-5-12-23)19-26(21-27)24-13-6-3-7-14-24;1-18-29-27(21-12-7-11-20(17-21)19-9-3-2-4-10-19)31-28(30-18)23-14-8-16-25-26(23)22-13-5-6-15-24(22)32-25;1-18-29-27(21-16-14-20(15-17-21)19-8-3-2-4-9-19)31-28(30-18)23-11-7-13-25-26(23)22-10-5-6-12-24(22)32-25/h2-21H,1H3;2*2-17H,1H3. The molecule has 0 saturated carbocycles. The topological polar surface area (TPSA) is 116 Å². The molecule has 0 atom stereocenters. The van der Waals surface area contributed by atoms with Gasteiger partial charge >= 0.3 is 0 Å². The zero-order chi connectivity index (χ0) is 68.5. The smallest absolute Gasteiger partial charge is 0.164 e. The van der Waals surface area contributed by atoms with Gasteiger partial charge < -0.3 is 0 Å². The van der Waals surface area contributed by atoms with Crippen molar-refractivity contribution in [3.05, 3.63) is 333 Å². The first-order valence-electron chi connectivity index (χ1n) is 33.7. The van der Waals surface area contributed by atoms with Gasteiger partial charge in [-0.3, -0.25) is 0 Å². The third-order valence-corrected chi connectivity index (χ3v) is 21.5. The number of aryl methyl sites for hydroxylation is 3. The lowest BCUT2D eigenvalue weighted by molar-refractivity contribution is 0.993. The molecule has 0 amide bonds. The quantitative estimate of drug-likeness (QED) is 0.132. The van der Waals surface area contributed by atoms with E-state index in [1.54, 1.807) is 34.0 Å². The molecule has 6 heterocycles. The third-order valence-electron chi connectivity index (χ3n) is 18.1. The van der Waals surface area contributed by atoms with E-state index in [2.05, 4.69) is 301 Å². The van der Waals surface area contributed by atoms with Gasteiger partial charge in [0, 0.05) is 93.9 Å². The van der Waals surface area contributed by atoms with E-state index in [0.29, 0.717) is 52.4 Å². The van der Waals surface area contributed by atoms with Crippen molar-refractivity contribution in [2.75, 3.05) is 0 Å². The first-order valence-corrected chi connectivity index (χ1v) is 36.2. The molecule has 0 aliphatic rings. The summed E-state index contributed by atoms with van der Waals surface area (Å²) in [5.41, 5.74) is 15.4. The minimum atomic E-state index is 0.680. The highest BCUT2D eigenvalue weighted by Crippen LogP contribution is 2.43. The SMILES string of the molecule is Cc1nc(-c2cc(-c3ccccc3)cc(-c3ccccc3)c2)nc(-c2cccc3sc4ccccc4c23)n1.Cc1nc(-c2ccc(-c3ccccc3)cc2)nc(-c2cccc3sc4ccccc4c23)n1.Cc1nc(-c2cccc(-c3ccccc3)c2)nc(-c2cccc3sc4ccccc4c23)n1. The molecule has 0 unspecified atom stereocenters. The summed E-state index contributed by atoms with van der Waals surface area (Å²) in [6, 6.07) is 110. The Labute approximate surface area is 601 Å². The van der Waals surface area contributed by atoms with Crippen LogP contribution in [0, 0.1) is 20.8 Å². The van der Waals surface area contributed by atoms with Gasteiger partial charge in [0.2, 0.25) is 0 Å². The van der Waals surface area contributed by atoms with E-state index in [-0.39, 0.29) is 0 Å². The largest absolute Gasteiger partial charge is 0.213 e. The van der Waals surface area contributed by atoms with E-state index in [9.17, 15) is 0 Å². The van der Waals surface area contributed by atoms with Gasteiger partial charge in [-0.2, -0.15) is 0 Å². The maximum Gasteiger partial charge on any atom is 0.164 e. The van der Waals surface area contributed by atoms with E-state index >= 15 is 0 Å². The Morgan fingerprint density at radius 3 is 0.833 bits per heavy atom. The number of hydrogen-bond acceptors (Lipinski definition) is 12. The molecule has 12 heteroatoms. The van der Waals surface area contributed by atoms with Crippen LogP contribution in [0.2, 0.25) is 0 Å². The molecule has 0 radical (unpaired) electrons. The Kier molecular flexibility index (Phi) is 17.1. The lowest BCUT2D eigenvalue weighted by atomic mass is 9.96. The monoisotopic (exact) mass is 1360 g/mol. The highest BCUT2D eigenvalue weighted by Gasteiger charge is 2.20. The van der Waals surface area contributed by atoms with Crippen molar-refractivity contribution in [2.45, 2.75) is 20.8 Å². The Morgan fingerprint density at radius 1 is 0.176 bits per heavy atom. The van der Waals surface area contributed by atoms with Gasteiger partial charge in [-0.1, -0.05) is 255 Å². The average molecular weight is 1360 g/mol. The minimum absolute atomic E-state index is 0.680. The van der Waals surface area contributed by atoms with Crippen molar-refractivity contribution >= 4 is 94.5 Å². The summed E-state index contributed by atoms with van der Waals surface area (Å²) in [5, 5.41) is 7.35. The van der Waals surface area contributed by atoms with E-state index in [1.165, 1.54) is 77.2 Å². The summed E-state index contributed by atoms with van der Waals surface area (Å²) in [4.78, 5) is 43.3. The van der Waals surface area contributed by atoms with Crippen LogP contribution in [-0.2, 0) is 0 Å². The molecule has 102 heavy (non-hydrogen) atoms. The zero-order valence-electron chi connectivity index (χ0n) is 55.8. The van der Waals surface area contributed by atoms with E-state index < -0.39 is 0 Å². The first kappa shape index (κ1) is 63.0. The number of nitrogens with zero attached hydrogens (tertiary/aromatic N) is 9. The Hall–Kier alpha value is -12.5. The molecule has 6 aromatic heterocycles. The van der Waals surface area contributed by atoms with Crippen LogP contribution in [0.25, 0.3) is 173 Å². The van der Waals surface area contributed by atoms with Gasteiger partial charge in [-0.25, -0.2) is 44.9 Å². The number of aromatic nitrogens is 9. The van der Waals surface area contributed by atoms with Crippen LogP contribution in [0.1, 0.15) is 17.5 Å². The zero-order valence-corrected chi connectivity index (χ0v) is 58.2. The third kappa shape index (κ3) is 12.8. The van der Waals surface area contributed by atoms with Crippen molar-refractivity contribution in [1.29, 1.82) is 0 Å². The predicted molar refractivity (Wildman–Crippen MR) is 427 cm³/mol. The number of fused-ring (bicyclic) bond motifs is 9. The highest BCUT2D eigenvalue weighted by molar-refractivity contribution is 7.26. The Morgan fingerprint density at radius 2 is 0.431 bits per heavy atom. The first-order chi connectivity index (χ1) is 50.2. The minimum Gasteiger partial charge on any atom is -0.213 e. The molecule has 0 bridgehead atoms. The van der Waals surface area contributed by atoms with Crippen molar-refractivity contribution in [3.63, 3.8) is 0 Å². The maximum atomic E-state index is 5.06. The van der Waals surface area contributed by atoms with Gasteiger partial charge in [-0.05, 0) is 126 Å². The van der Waals surface area contributed by atoms with Crippen LogP contribution < -0.4 is 0 Å². The van der Waals surface area contributed by atoms with Crippen molar-refractivity contribution in [2.24, 2.45) is 0 Å². The maximum absolute atomic E-state index is 5.06. The second-order valence-corrected chi connectivity index (χ2v) is 28.1. The molecular formula is C90H61N9S3. The number of thiophene rings is 3. The number of benzene rings is 13. The Balaban J connectivity index is 0.000000114. The highest BCUT2D eigenvalue weighted by atomic mass is 32.1. The summed E-state index contributed by atoms with van der Waals surface area (Å²) < 4.78 is 7.55. The second-order valence-electron chi connectivity index (χ2n) is 24.8. The van der Waals surface area contributed by atoms with Gasteiger partial charge in [0.05, 0.1) is 0 Å². The van der Waals surface area contributed by atoms with Gasteiger partial charge in [-0.15, -0.1) is 34.0 Å². The fourth-order valence-electron chi connectivity index (χ4n) is 13.3. The molecule has 19 aromatic rings. The molecule has 9 nitrogen and oxygen atoms in total. The lowest BCUT2D eigenvalue weighted by Crippen LogP contribution is -2.00. The van der Waals surface area contributed by atoms with Crippen molar-refractivity contribution < 1.29 is 0 Å². The van der Waals surface area contributed by atoms with E-state index in [4.69, 9.17) is 34.9 Å². The Bertz CT molecular complexity index is 6240. The number of rotatable bonds is 10. The van der Waals surface area contributed by atoms with Gasteiger partial charge in [0.1, 0.15) is 17.5 Å². The molecule has 13 aromatic carbocycles.